The van der Waals surface area contributed by atoms with Gasteiger partial charge in [0.2, 0.25) is 5.91 Å². The lowest BCUT2D eigenvalue weighted by Crippen LogP contribution is -2.29. The Bertz CT molecular complexity index is 332. The van der Waals surface area contributed by atoms with E-state index in [0.29, 0.717) is 23.4 Å². The van der Waals surface area contributed by atoms with E-state index in [2.05, 4.69) is 13.8 Å². The van der Waals surface area contributed by atoms with Crippen LogP contribution in [0.15, 0.2) is 0 Å². The van der Waals surface area contributed by atoms with Crippen LogP contribution >= 0.6 is 11.8 Å². The summed E-state index contributed by atoms with van der Waals surface area (Å²) in [5.41, 5.74) is 0. The summed E-state index contributed by atoms with van der Waals surface area (Å²) in [6.07, 6.45) is 15.5. The van der Waals surface area contributed by atoms with E-state index in [4.69, 9.17) is 0 Å². The molecular formula is C20H39NO2S. The molecule has 4 heteroatoms. The zero-order chi connectivity index (χ0) is 18.2. The summed E-state index contributed by atoms with van der Waals surface area (Å²) in [4.78, 5) is 24.9. The number of unbranched alkanes of at least 4 members (excludes halogenated alkanes) is 9. The highest BCUT2D eigenvalue weighted by atomic mass is 32.2. The summed E-state index contributed by atoms with van der Waals surface area (Å²) >= 11 is 1.35. The Morgan fingerprint density at radius 1 is 0.792 bits per heavy atom. The van der Waals surface area contributed by atoms with Crippen LogP contribution in [0.25, 0.3) is 0 Å². The zero-order valence-corrected chi connectivity index (χ0v) is 17.3. The minimum absolute atomic E-state index is 0.295. The molecular weight excluding hydrogens is 318 g/mol. The lowest BCUT2D eigenvalue weighted by molar-refractivity contribution is -0.130. The van der Waals surface area contributed by atoms with Crippen LogP contribution in [0.1, 0.15) is 90.9 Å². The van der Waals surface area contributed by atoms with Crippen LogP contribution in [-0.2, 0) is 9.59 Å². The van der Waals surface area contributed by atoms with Crippen molar-refractivity contribution in [1.29, 1.82) is 0 Å². The fourth-order valence-corrected chi connectivity index (χ4v) is 3.25. The minimum Gasteiger partial charge on any atom is -0.346 e. The lowest BCUT2D eigenvalue weighted by Gasteiger charge is -2.19. The van der Waals surface area contributed by atoms with Crippen molar-refractivity contribution in [3.05, 3.63) is 0 Å². The van der Waals surface area contributed by atoms with Crippen LogP contribution in [0.4, 0.5) is 0 Å². The molecule has 0 spiro atoms. The number of carbonyl (C=O) groups excluding carboxylic acids is 2. The smallest absolute Gasteiger partial charge is 0.222 e. The average Bonchev–Trinajstić information content (AvgIpc) is 2.54. The highest BCUT2D eigenvalue weighted by molar-refractivity contribution is 8.13. The average molecular weight is 358 g/mol. The van der Waals surface area contributed by atoms with Crippen molar-refractivity contribution >= 4 is 22.8 Å². The molecule has 0 aromatic carbocycles. The highest BCUT2D eigenvalue weighted by Crippen LogP contribution is 2.13. The van der Waals surface area contributed by atoms with Gasteiger partial charge in [0.1, 0.15) is 0 Å². The molecule has 0 bridgehead atoms. The third kappa shape index (κ3) is 15.0. The molecule has 0 aliphatic rings. The van der Waals surface area contributed by atoms with E-state index >= 15 is 0 Å². The number of rotatable bonds is 15. The van der Waals surface area contributed by atoms with Gasteiger partial charge in [-0.3, -0.25) is 9.59 Å². The molecule has 0 unspecified atom stereocenters. The number of hydrogen-bond donors (Lipinski definition) is 0. The van der Waals surface area contributed by atoms with Crippen molar-refractivity contribution in [2.75, 3.05) is 19.8 Å². The lowest BCUT2D eigenvalue weighted by atomic mass is 10.0. The van der Waals surface area contributed by atoms with E-state index in [1.54, 1.807) is 0 Å². The third-order valence-electron chi connectivity index (χ3n) is 4.31. The molecule has 24 heavy (non-hydrogen) atoms. The molecule has 0 atom stereocenters. The van der Waals surface area contributed by atoms with Gasteiger partial charge >= 0.3 is 0 Å². The maximum atomic E-state index is 11.9. The molecule has 0 radical (unpaired) electrons. The molecule has 0 heterocycles. The predicted molar refractivity (Wildman–Crippen MR) is 106 cm³/mol. The van der Waals surface area contributed by atoms with Crippen LogP contribution < -0.4 is 0 Å². The molecule has 142 valence electrons. The number of amides is 1. The third-order valence-corrected chi connectivity index (χ3v) is 4.97. The van der Waals surface area contributed by atoms with Gasteiger partial charge in [0.05, 0.1) is 0 Å². The normalized spacial score (nSPS) is 11.0. The van der Waals surface area contributed by atoms with Crippen molar-refractivity contribution < 1.29 is 9.59 Å². The fraction of sp³-hybridized carbons (Fsp3) is 0.900. The molecule has 0 fully saturated rings. The molecule has 0 aliphatic heterocycles. The van der Waals surface area contributed by atoms with E-state index in [-0.39, 0.29) is 0 Å². The van der Waals surface area contributed by atoms with Crippen molar-refractivity contribution in [3.8, 4) is 0 Å². The molecule has 0 aliphatic carbocycles. The summed E-state index contributed by atoms with van der Waals surface area (Å²) in [5, 5.41) is 0.323. The Morgan fingerprint density at radius 3 is 1.62 bits per heavy atom. The Labute approximate surface area is 154 Å². The van der Waals surface area contributed by atoms with Gasteiger partial charge in [-0.15, -0.1) is 0 Å². The maximum absolute atomic E-state index is 11.9. The summed E-state index contributed by atoms with van der Waals surface area (Å²) in [6, 6.07) is 0. The van der Waals surface area contributed by atoms with Gasteiger partial charge in [-0.1, -0.05) is 77.0 Å². The second kappa shape index (κ2) is 16.0. The fourth-order valence-electron chi connectivity index (χ4n) is 2.90. The standard InChI is InChI=1S/C20H39NO2S/c1-18(2)17-21(3)19(22)15-13-11-9-7-5-6-8-10-12-14-16-20(23)24-4/h18H,5-17H2,1-4H3. The van der Waals surface area contributed by atoms with Gasteiger partial charge in [0.15, 0.2) is 5.12 Å². The summed E-state index contributed by atoms with van der Waals surface area (Å²) < 4.78 is 0. The Morgan fingerprint density at radius 2 is 1.21 bits per heavy atom. The first-order chi connectivity index (χ1) is 11.5. The molecule has 0 rings (SSSR count). The van der Waals surface area contributed by atoms with Gasteiger partial charge in [-0.05, 0) is 25.0 Å². The number of nitrogens with zero attached hydrogens (tertiary/aromatic N) is 1. The van der Waals surface area contributed by atoms with Crippen LogP contribution in [0.5, 0.6) is 0 Å². The van der Waals surface area contributed by atoms with E-state index in [1.807, 2.05) is 18.2 Å². The molecule has 0 aromatic rings. The Balaban J connectivity index is 3.28. The quantitative estimate of drug-likeness (QED) is 0.354. The number of hydrogen-bond acceptors (Lipinski definition) is 3. The van der Waals surface area contributed by atoms with E-state index < -0.39 is 0 Å². The molecule has 0 aromatic heterocycles. The second-order valence-corrected chi connectivity index (χ2v) is 8.14. The monoisotopic (exact) mass is 357 g/mol. The van der Waals surface area contributed by atoms with Crippen LogP contribution in [0.2, 0.25) is 0 Å². The van der Waals surface area contributed by atoms with E-state index in [0.717, 1.165) is 25.8 Å². The van der Waals surface area contributed by atoms with Gasteiger partial charge in [0, 0.05) is 26.4 Å². The molecule has 0 N–H and O–H groups in total. The van der Waals surface area contributed by atoms with Crippen molar-refractivity contribution in [1.82, 2.24) is 4.90 Å². The first kappa shape index (κ1) is 23.5. The zero-order valence-electron chi connectivity index (χ0n) is 16.4. The Hall–Kier alpha value is -0.510. The largest absolute Gasteiger partial charge is 0.346 e. The first-order valence-corrected chi connectivity index (χ1v) is 11.0. The number of thioether (sulfide) groups is 1. The summed E-state index contributed by atoms with van der Waals surface area (Å²) in [5.74, 6) is 0.841. The molecule has 0 saturated carbocycles. The highest BCUT2D eigenvalue weighted by Gasteiger charge is 2.09. The number of carbonyl (C=O) groups is 2. The SMILES string of the molecule is CSC(=O)CCCCCCCCCCCCC(=O)N(C)CC(C)C. The van der Waals surface area contributed by atoms with Crippen molar-refractivity contribution in [2.24, 2.45) is 5.92 Å². The molecule has 0 saturated heterocycles. The maximum Gasteiger partial charge on any atom is 0.222 e. The van der Waals surface area contributed by atoms with Gasteiger partial charge in [0.25, 0.3) is 0 Å². The predicted octanol–water partition coefficient (Wildman–Crippen LogP) is 5.67. The van der Waals surface area contributed by atoms with Crippen molar-refractivity contribution in [3.63, 3.8) is 0 Å². The van der Waals surface area contributed by atoms with Gasteiger partial charge < -0.3 is 4.90 Å². The van der Waals surface area contributed by atoms with Crippen molar-refractivity contribution in [2.45, 2.75) is 90.9 Å². The van der Waals surface area contributed by atoms with Crippen LogP contribution in [-0.4, -0.2) is 35.8 Å². The molecule has 1 amide bonds. The van der Waals surface area contributed by atoms with E-state index in [1.165, 1.54) is 63.1 Å². The summed E-state index contributed by atoms with van der Waals surface area (Å²) in [6.45, 7) is 5.16. The second-order valence-electron chi connectivity index (χ2n) is 7.28. The van der Waals surface area contributed by atoms with Gasteiger partial charge in [-0.2, -0.15) is 0 Å². The Kier molecular flexibility index (Phi) is 15.6. The molecule has 3 nitrogen and oxygen atoms in total. The first-order valence-electron chi connectivity index (χ1n) is 9.78. The van der Waals surface area contributed by atoms with Gasteiger partial charge in [-0.25, -0.2) is 0 Å². The van der Waals surface area contributed by atoms with Crippen LogP contribution in [0, 0.1) is 5.92 Å². The minimum atomic E-state index is 0.295. The topological polar surface area (TPSA) is 37.4 Å². The van der Waals surface area contributed by atoms with E-state index in [9.17, 15) is 9.59 Å². The summed E-state index contributed by atoms with van der Waals surface area (Å²) in [7, 11) is 1.92. The van der Waals surface area contributed by atoms with Crippen LogP contribution in [0.3, 0.4) is 0 Å².